The Balaban J connectivity index is 1.80. The van der Waals surface area contributed by atoms with Crippen LogP contribution in [-0.2, 0) is 32.6 Å². The zero-order valence-electron chi connectivity index (χ0n) is 23.7. The first-order valence-corrected chi connectivity index (χ1v) is 15.2. The number of amides is 2. The molecule has 0 saturated heterocycles. The summed E-state index contributed by atoms with van der Waals surface area (Å²) in [6.07, 6.45) is 0.250. The third-order valence-corrected chi connectivity index (χ3v) is 8.53. The number of likely N-dealkylation sites (N-methyl/N-ethyl adjacent to an activating group) is 1. The molecule has 0 aliphatic heterocycles. The van der Waals surface area contributed by atoms with Gasteiger partial charge in [-0.2, -0.15) is 0 Å². The normalized spacial score (nSPS) is 11.8. The molecular formula is C33H35N3O5S. The van der Waals surface area contributed by atoms with Crippen molar-refractivity contribution in [2.45, 2.75) is 30.8 Å². The number of benzene rings is 4. The second-order valence-electron chi connectivity index (χ2n) is 9.55. The Bertz CT molecular complexity index is 1570. The molecule has 1 atom stereocenters. The van der Waals surface area contributed by atoms with E-state index in [0.29, 0.717) is 12.4 Å². The fourth-order valence-electron chi connectivity index (χ4n) is 4.67. The third kappa shape index (κ3) is 7.36. The van der Waals surface area contributed by atoms with Gasteiger partial charge >= 0.3 is 0 Å². The average Bonchev–Trinajstić information content (AvgIpc) is 3.03. The lowest BCUT2D eigenvalue weighted by Gasteiger charge is -2.34. The Hall–Kier alpha value is -4.63. The van der Waals surface area contributed by atoms with E-state index in [-0.39, 0.29) is 29.5 Å². The number of hydrogen-bond donors (Lipinski definition) is 1. The van der Waals surface area contributed by atoms with E-state index in [9.17, 15) is 18.0 Å². The number of hydrogen-bond acceptors (Lipinski definition) is 5. The summed E-state index contributed by atoms with van der Waals surface area (Å²) in [5, 5.41) is 2.69. The van der Waals surface area contributed by atoms with Gasteiger partial charge in [-0.25, -0.2) is 8.42 Å². The Morgan fingerprint density at radius 1 is 0.786 bits per heavy atom. The molecule has 42 heavy (non-hydrogen) atoms. The maximum Gasteiger partial charge on any atom is 0.264 e. The van der Waals surface area contributed by atoms with E-state index in [4.69, 9.17) is 4.74 Å². The predicted octanol–water partition coefficient (Wildman–Crippen LogP) is 4.67. The molecular weight excluding hydrogens is 550 g/mol. The monoisotopic (exact) mass is 585 g/mol. The number of anilines is 1. The second kappa shape index (κ2) is 14.3. The van der Waals surface area contributed by atoms with Crippen molar-refractivity contribution in [1.29, 1.82) is 0 Å². The van der Waals surface area contributed by atoms with Crippen molar-refractivity contribution in [2.24, 2.45) is 0 Å². The predicted molar refractivity (Wildman–Crippen MR) is 164 cm³/mol. The summed E-state index contributed by atoms with van der Waals surface area (Å²) in [5.41, 5.74) is 1.91. The van der Waals surface area contributed by atoms with Crippen molar-refractivity contribution in [2.75, 3.05) is 24.5 Å². The second-order valence-corrected chi connectivity index (χ2v) is 11.4. The van der Waals surface area contributed by atoms with E-state index in [1.54, 1.807) is 49.4 Å². The van der Waals surface area contributed by atoms with Gasteiger partial charge in [-0.1, -0.05) is 91.0 Å². The van der Waals surface area contributed by atoms with Crippen LogP contribution >= 0.6 is 0 Å². The van der Waals surface area contributed by atoms with E-state index >= 15 is 0 Å². The van der Waals surface area contributed by atoms with Gasteiger partial charge < -0.3 is 15.0 Å². The van der Waals surface area contributed by atoms with Crippen molar-refractivity contribution in [3.8, 4) is 5.75 Å². The Kier molecular flexibility index (Phi) is 10.3. The van der Waals surface area contributed by atoms with Crippen molar-refractivity contribution in [1.82, 2.24) is 10.2 Å². The lowest BCUT2D eigenvalue weighted by molar-refractivity contribution is -0.139. The first-order chi connectivity index (χ1) is 20.3. The minimum Gasteiger partial charge on any atom is -0.492 e. The molecule has 0 aliphatic carbocycles. The fourth-order valence-corrected chi connectivity index (χ4v) is 6.12. The van der Waals surface area contributed by atoms with Crippen LogP contribution in [0.4, 0.5) is 5.69 Å². The zero-order valence-corrected chi connectivity index (χ0v) is 24.5. The lowest BCUT2D eigenvalue weighted by Crippen LogP contribution is -2.53. The largest absolute Gasteiger partial charge is 0.492 e. The summed E-state index contributed by atoms with van der Waals surface area (Å²) < 4.78 is 35.0. The third-order valence-electron chi connectivity index (χ3n) is 6.76. The van der Waals surface area contributed by atoms with E-state index in [0.717, 1.165) is 15.4 Å². The maximum absolute atomic E-state index is 14.3. The topological polar surface area (TPSA) is 96.0 Å². The number of carbonyl (C=O) groups is 2. The van der Waals surface area contributed by atoms with Crippen molar-refractivity contribution >= 4 is 27.5 Å². The Labute approximate surface area is 247 Å². The molecule has 4 aromatic rings. The van der Waals surface area contributed by atoms with E-state index in [1.165, 1.54) is 24.1 Å². The van der Waals surface area contributed by atoms with Crippen LogP contribution in [0.25, 0.3) is 0 Å². The van der Waals surface area contributed by atoms with Crippen molar-refractivity contribution in [3.05, 3.63) is 126 Å². The lowest BCUT2D eigenvalue weighted by atomic mass is 10.0. The molecule has 4 aromatic carbocycles. The first kappa shape index (κ1) is 30.3. The molecule has 0 aliphatic rings. The molecule has 1 N–H and O–H groups in total. The summed E-state index contributed by atoms with van der Waals surface area (Å²) in [6.45, 7) is 1.67. The van der Waals surface area contributed by atoms with Crippen molar-refractivity contribution in [3.63, 3.8) is 0 Å². The van der Waals surface area contributed by atoms with Crippen LogP contribution in [0.1, 0.15) is 18.1 Å². The molecule has 218 valence electrons. The van der Waals surface area contributed by atoms with E-state index in [2.05, 4.69) is 5.32 Å². The summed E-state index contributed by atoms with van der Waals surface area (Å²) in [7, 11) is -2.68. The molecule has 0 radical (unpaired) electrons. The molecule has 8 nitrogen and oxygen atoms in total. The number of carbonyl (C=O) groups excluding carboxylic acids is 2. The van der Waals surface area contributed by atoms with Gasteiger partial charge in [0.1, 0.15) is 18.3 Å². The number of nitrogens with zero attached hydrogens (tertiary/aromatic N) is 2. The van der Waals surface area contributed by atoms with Gasteiger partial charge in [-0.3, -0.25) is 13.9 Å². The number of rotatable bonds is 13. The minimum absolute atomic E-state index is 0.0332. The minimum atomic E-state index is -4.20. The fraction of sp³-hybridized carbons (Fsp3) is 0.212. The highest BCUT2D eigenvalue weighted by atomic mass is 32.2. The van der Waals surface area contributed by atoms with Gasteiger partial charge in [-0.15, -0.1) is 0 Å². The highest BCUT2D eigenvalue weighted by Crippen LogP contribution is 2.33. The zero-order chi connectivity index (χ0) is 30.0. The Morgan fingerprint density at radius 3 is 1.93 bits per heavy atom. The average molecular weight is 586 g/mol. The summed E-state index contributed by atoms with van der Waals surface area (Å²) in [5.74, 6) is -0.557. The number of sulfonamides is 1. The number of ether oxygens (including phenoxy) is 1. The number of para-hydroxylation sites is 2. The summed E-state index contributed by atoms with van der Waals surface area (Å²) in [6, 6.07) is 32.5. The molecule has 9 heteroatoms. The molecule has 0 bridgehead atoms. The Morgan fingerprint density at radius 2 is 1.33 bits per heavy atom. The smallest absolute Gasteiger partial charge is 0.264 e. The van der Waals surface area contributed by atoms with Gasteiger partial charge in [0.05, 0.1) is 17.2 Å². The van der Waals surface area contributed by atoms with Crippen LogP contribution in [-0.4, -0.2) is 51.4 Å². The van der Waals surface area contributed by atoms with Crippen LogP contribution in [0.3, 0.4) is 0 Å². The highest BCUT2D eigenvalue weighted by molar-refractivity contribution is 7.92. The van der Waals surface area contributed by atoms with Gasteiger partial charge in [0.2, 0.25) is 11.8 Å². The summed E-state index contributed by atoms with van der Waals surface area (Å²) in [4.78, 5) is 29.1. The molecule has 0 spiro atoms. The van der Waals surface area contributed by atoms with Crippen LogP contribution in [0.5, 0.6) is 5.75 Å². The molecule has 0 fully saturated rings. The standard InChI is InChI=1S/C33H35N3O5S/c1-3-41-31-22-14-13-21-29(31)36(42(39,40)28-19-11-6-12-20-28)25-32(37)35(24-27-17-9-5-10-18-27)30(33(38)34-2)23-26-15-7-4-8-16-26/h4-22,30H,3,23-25H2,1-2H3,(H,34,38)/t30-/m1/s1. The molecule has 0 heterocycles. The van der Waals surface area contributed by atoms with Gasteiger partial charge in [0.25, 0.3) is 10.0 Å². The SMILES string of the molecule is CCOc1ccccc1N(CC(=O)N(Cc1ccccc1)[C@H](Cc1ccccc1)C(=O)NC)S(=O)(=O)c1ccccc1. The van der Waals surface area contributed by atoms with E-state index in [1.807, 2.05) is 60.7 Å². The van der Waals surface area contributed by atoms with Crippen LogP contribution in [0.15, 0.2) is 120 Å². The van der Waals surface area contributed by atoms with E-state index < -0.39 is 28.5 Å². The first-order valence-electron chi connectivity index (χ1n) is 13.7. The van der Waals surface area contributed by atoms with Crippen LogP contribution in [0.2, 0.25) is 0 Å². The van der Waals surface area contributed by atoms with Crippen molar-refractivity contribution < 1.29 is 22.7 Å². The van der Waals surface area contributed by atoms with Gasteiger partial charge in [0, 0.05) is 20.0 Å². The quantitative estimate of drug-likeness (QED) is 0.246. The van der Waals surface area contributed by atoms with Crippen LogP contribution < -0.4 is 14.4 Å². The molecule has 0 unspecified atom stereocenters. The molecule has 2 amide bonds. The number of nitrogens with one attached hydrogen (secondary N) is 1. The molecule has 4 rings (SSSR count). The molecule has 0 saturated carbocycles. The maximum atomic E-state index is 14.3. The molecule has 0 aromatic heterocycles. The van der Waals surface area contributed by atoms with Crippen LogP contribution in [0, 0.1) is 0 Å². The highest BCUT2D eigenvalue weighted by Gasteiger charge is 2.35. The van der Waals surface area contributed by atoms with Gasteiger partial charge in [0.15, 0.2) is 0 Å². The van der Waals surface area contributed by atoms with Gasteiger partial charge in [-0.05, 0) is 42.3 Å². The summed E-state index contributed by atoms with van der Waals surface area (Å²) >= 11 is 0.